The van der Waals surface area contributed by atoms with Crippen molar-refractivity contribution in [2.75, 3.05) is 13.7 Å². The molecule has 6 atom stereocenters. The molecule has 1 fully saturated rings. The number of phenolic OH excluding ortho intramolecular Hbond substituents is 2. The third-order valence-corrected chi connectivity index (χ3v) is 7.81. The molecule has 0 bridgehead atoms. The fourth-order valence-electron chi connectivity index (χ4n) is 5.75. The third kappa shape index (κ3) is 4.64. The summed E-state index contributed by atoms with van der Waals surface area (Å²) in [4.78, 5) is 39.7. The minimum atomic E-state index is -2.24. The number of ketones is 3. The molecule has 5 rings (SSSR count). The van der Waals surface area contributed by atoms with Crippen LogP contribution in [0, 0.1) is 0 Å². The first kappa shape index (κ1) is 30.5. The van der Waals surface area contributed by atoms with Gasteiger partial charge in [-0.1, -0.05) is 12.1 Å². The number of carbonyl (C=O) groups excluding carboxylic acids is 3. The van der Waals surface area contributed by atoms with Gasteiger partial charge in [-0.3, -0.25) is 14.4 Å². The van der Waals surface area contributed by atoms with E-state index in [1.54, 1.807) is 6.92 Å². The van der Waals surface area contributed by atoms with Gasteiger partial charge in [0.15, 0.2) is 17.9 Å². The molecule has 1 aliphatic heterocycles. The summed E-state index contributed by atoms with van der Waals surface area (Å²) in [5, 5.41) is 53.7. The fourth-order valence-corrected chi connectivity index (χ4v) is 5.75. The monoisotopic (exact) mass is 753 g/mol. The van der Waals surface area contributed by atoms with Crippen molar-refractivity contribution in [2.45, 2.75) is 62.4 Å². The number of ether oxygens (including phenoxy) is 3. The summed E-state index contributed by atoms with van der Waals surface area (Å²) in [6.07, 6.45) is -5.12. The maximum atomic E-state index is 13.6. The van der Waals surface area contributed by atoms with E-state index in [9.17, 15) is 39.9 Å². The van der Waals surface area contributed by atoms with E-state index in [1.165, 1.54) is 25.3 Å². The number of carbonyl (C=O) groups is 3. The maximum absolute atomic E-state index is 13.6. The summed E-state index contributed by atoms with van der Waals surface area (Å²) in [6.45, 7) is 0.560. The molecule has 40 heavy (non-hydrogen) atoms. The normalized spacial score (nSPS) is 29.1. The van der Waals surface area contributed by atoms with Crippen LogP contribution in [0.15, 0.2) is 18.2 Å². The van der Waals surface area contributed by atoms with E-state index in [0.29, 0.717) is 0 Å². The molecule has 4 unspecified atom stereocenters. The van der Waals surface area contributed by atoms with Gasteiger partial charge in [0.2, 0.25) is 5.78 Å². The number of hydrogen-bond acceptors (Lipinski definition) is 12. The van der Waals surface area contributed by atoms with Gasteiger partial charge in [0, 0.05) is 42.0 Å². The zero-order valence-corrected chi connectivity index (χ0v) is 27.4. The predicted molar refractivity (Wildman–Crippen MR) is 140 cm³/mol. The van der Waals surface area contributed by atoms with Gasteiger partial charge in [0.1, 0.15) is 29.5 Å². The predicted octanol–water partition coefficient (Wildman–Crippen LogP) is -0.915. The number of hydrogen-bond donors (Lipinski definition) is 6. The van der Waals surface area contributed by atoms with Crippen LogP contribution in [-0.2, 0) is 20.7 Å². The molecule has 0 aromatic heterocycles. The van der Waals surface area contributed by atoms with Crippen LogP contribution in [0.25, 0.3) is 0 Å². The van der Waals surface area contributed by atoms with Gasteiger partial charge in [-0.15, -0.1) is 0 Å². The molecule has 3 aliphatic rings. The second-order valence-electron chi connectivity index (χ2n) is 10.2. The molecule has 0 spiro atoms. The molecule has 0 amide bonds. The number of aromatic hydroxyl groups is 2. The number of methoxy groups -OCH3 is 1. The zero-order valence-electron chi connectivity index (χ0n) is 21.9. The van der Waals surface area contributed by atoms with E-state index < -0.39 is 95.7 Å². The van der Waals surface area contributed by atoms with Crippen LogP contribution in [-0.4, -0.2) is 114 Å². The Morgan fingerprint density at radius 3 is 2.45 bits per heavy atom. The fraction of sp³-hybridized carbons (Fsp3) is 0.444. The molecule has 1 heterocycles. The Labute approximate surface area is 248 Å². The van der Waals surface area contributed by atoms with Crippen LogP contribution in [0.5, 0.6) is 17.2 Å². The minimum absolute atomic E-state index is 0. The average molecular weight is 753 g/mol. The first-order valence-electron chi connectivity index (χ1n) is 12.4. The van der Waals surface area contributed by atoms with Crippen molar-refractivity contribution in [1.29, 1.82) is 0 Å². The van der Waals surface area contributed by atoms with E-state index in [0.717, 1.165) is 0 Å². The second-order valence-corrected chi connectivity index (χ2v) is 10.2. The van der Waals surface area contributed by atoms with Crippen LogP contribution >= 0.6 is 0 Å². The van der Waals surface area contributed by atoms with Crippen molar-refractivity contribution >= 4 is 44.6 Å². The van der Waals surface area contributed by atoms with Gasteiger partial charge >= 0.3 is 27.3 Å². The first-order valence-corrected chi connectivity index (χ1v) is 12.4. The molecule has 1 saturated heterocycles. The Morgan fingerprint density at radius 1 is 1.15 bits per heavy atom. The van der Waals surface area contributed by atoms with Gasteiger partial charge in [-0.2, -0.15) is 0 Å². The second kappa shape index (κ2) is 11.1. The Bertz CT molecular complexity index is 1380. The quantitative estimate of drug-likeness (QED) is 0.138. The molecule has 7 N–H and O–H groups in total. The Balaban J connectivity index is 0.00000370. The van der Waals surface area contributed by atoms with Gasteiger partial charge in [-0.05, 0) is 13.0 Å². The zero-order chi connectivity index (χ0) is 28.4. The Hall–Kier alpha value is -2.47. The molecular formula is C27H31NO11Pb. The number of Topliss-reactive ketones (excluding diaryl/α,β-unsaturated/α-hetero) is 1. The molecule has 2 aromatic carbocycles. The van der Waals surface area contributed by atoms with E-state index in [2.05, 4.69) is 0 Å². The number of aliphatic hydroxyl groups is 3. The molecule has 13 heteroatoms. The van der Waals surface area contributed by atoms with Crippen LogP contribution in [0.1, 0.15) is 68.8 Å². The Kier molecular flexibility index (Phi) is 8.44. The van der Waals surface area contributed by atoms with Crippen LogP contribution in [0.2, 0.25) is 0 Å². The summed E-state index contributed by atoms with van der Waals surface area (Å²) in [5.74, 6) is -3.77. The van der Waals surface area contributed by atoms with E-state index in [1.807, 2.05) is 0 Å². The number of nitrogens with two attached hydrogens (primary N) is 1. The molecule has 2 radical (unpaired) electrons. The molecule has 0 saturated carbocycles. The number of phenols is 2. The number of rotatable bonds is 5. The van der Waals surface area contributed by atoms with Crippen LogP contribution in [0.4, 0.5) is 0 Å². The van der Waals surface area contributed by atoms with Gasteiger partial charge in [0.25, 0.3) is 0 Å². The van der Waals surface area contributed by atoms with Crippen molar-refractivity contribution in [3.05, 3.63) is 51.6 Å². The van der Waals surface area contributed by atoms with Crippen molar-refractivity contribution < 1.29 is 54.1 Å². The summed E-state index contributed by atoms with van der Waals surface area (Å²) < 4.78 is 17.0. The standard InChI is InChI=1S/C27H29NO11.Pb.2H/c1-10-22(31)13(28)6-17(38-10)39-15-8-27(36,16(30)9-29)7-12-19(15)26(35)21-20(24(12)33)23(32)11-4-3-5-14(37-2)18(11)25(21)34;;;/h3-5,10,13,15,17,22,29,31,33,35-36H,6-9,28H2,1-2H3;;;/t10?,13?,15-,17?,22?,27-;;;/m0.../s1. The van der Waals surface area contributed by atoms with Crippen LogP contribution in [0.3, 0.4) is 0 Å². The number of benzene rings is 2. The molecule has 12 nitrogen and oxygen atoms in total. The van der Waals surface area contributed by atoms with Gasteiger partial charge < -0.3 is 45.5 Å². The summed E-state index contributed by atoms with van der Waals surface area (Å²) in [6, 6.07) is 3.64. The summed E-state index contributed by atoms with van der Waals surface area (Å²) in [5.41, 5.74) is 2.37. The SMILES string of the molecule is COc1cccc2c1C(=O)c1c(O)c3c(c(O)c1C2=O)C[C@@](O)(C(=O)CO)C[C@@H]3OC1CC(N)C(O)C(C)O1.[PbH2]. The Morgan fingerprint density at radius 2 is 1.82 bits per heavy atom. The summed E-state index contributed by atoms with van der Waals surface area (Å²) >= 11 is 0. The molecule has 2 aliphatic carbocycles. The molecular weight excluding hydrogens is 721 g/mol. The van der Waals surface area contributed by atoms with Crippen LogP contribution < -0.4 is 10.5 Å². The van der Waals surface area contributed by atoms with Crippen molar-refractivity contribution in [1.82, 2.24) is 0 Å². The topological polar surface area (TPSA) is 206 Å². The van der Waals surface area contributed by atoms with Gasteiger partial charge in [0.05, 0.1) is 42.1 Å². The molecule has 214 valence electrons. The third-order valence-electron chi connectivity index (χ3n) is 7.81. The van der Waals surface area contributed by atoms with Gasteiger partial charge in [-0.25, -0.2) is 0 Å². The average Bonchev–Trinajstić information content (AvgIpc) is 2.90. The number of aliphatic hydroxyl groups excluding tert-OH is 2. The first-order chi connectivity index (χ1) is 18.4. The van der Waals surface area contributed by atoms with E-state index in [4.69, 9.17) is 19.9 Å². The van der Waals surface area contributed by atoms with Crippen molar-refractivity contribution in [3.63, 3.8) is 0 Å². The van der Waals surface area contributed by atoms with E-state index >= 15 is 0 Å². The van der Waals surface area contributed by atoms with Crippen molar-refractivity contribution in [3.8, 4) is 17.2 Å². The van der Waals surface area contributed by atoms with E-state index in [-0.39, 0.29) is 61.7 Å². The van der Waals surface area contributed by atoms with Crippen molar-refractivity contribution in [2.24, 2.45) is 5.73 Å². The summed E-state index contributed by atoms with van der Waals surface area (Å²) in [7, 11) is 1.32. The number of fused-ring (bicyclic) bond motifs is 3. The molecule has 2 aromatic rings.